The molecule has 0 aliphatic rings. The molecular formula is C20H21Cl2O5P. The van der Waals surface area contributed by atoms with E-state index in [1.165, 1.54) is 26.4 Å². The third-order valence-corrected chi connectivity index (χ3v) is 7.73. The maximum absolute atomic E-state index is 13.9. The van der Waals surface area contributed by atoms with Crippen molar-refractivity contribution < 1.29 is 23.6 Å². The summed E-state index contributed by atoms with van der Waals surface area (Å²) in [4.78, 5) is 26.8. The molecule has 1 atom stereocenters. The van der Waals surface area contributed by atoms with Crippen molar-refractivity contribution in [1.82, 2.24) is 0 Å². The van der Waals surface area contributed by atoms with E-state index in [1.807, 2.05) is 0 Å². The molecule has 0 bridgehead atoms. The van der Waals surface area contributed by atoms with Crippen LogP contribution in [0.3, 0.4) is 0 Å². The Labute approximate surface area is 174 Å². The summed E-state index contributed by atoms with van der Waals surface area (Å²) in [6, 6.07) is 9.22. The first-order chi connectivity index (χ1) is 13.2. The maximum atomic E-state index is 13.9. The first-order valence-electron chi connectivity index (χ1n) is 8.51. The van der Waals surface area contributed by atoms with Gasteiger partial charge in [0.05, 0.1) is 29.8 Å². The van der Waals surface area contributed by atoms with Gasteiger partial charge in [0.15, 0.2) is 0 Å². The van der Waals surface area contributed by atoms with Gasteiger partial charge in [-0.2, -0.15) is 0 Å². The van der Waals surface area contributed by atoms with Gasteiger partial charge in [-0.1, -0.05) is 49.2 Å². The number of hydrogen-bond donors (Lipinski definition) is 0. The molecule has 0 aliphatic heterocycles. The zero-order chi connectivity index (χ0) is 21.1. The number of halogens is 2. The lowest BCUT2D eigenvalue weighted by atomic mass is 10.2. The van der Waals surface area contributed by atoms with Crippen LogP contribution >= 0.6 is 30.3 Å². The van der Waals surface area contributed by atoms with Crippen molar-refractivity contribution in [2.75, 3.05) is 20.4 Å². The normalized spacial score (nSPS) is 13.1. The molecule has 0 aliphatic carbocycles. The number of hydrogen-bond acceptors (Lipinski definition) is 5. The highest BCUT2D eigenvalue weighted by atomic mass is 35.5. The fourth-order valence-corrected chi connectivity index (χ4v) is 6.33. The van der Waals surface area contributed by atoms with Gasteiger partial charge < -0.3 is 14.0 Å². The van der Waals surface area contributed by atoms with Gasteiger partial charge in [0.1, 0.15) is 17.1 Å². The minimum absolute atomic E-state index is 0.0343. The number of methoxy groups -OCH3 is 2. The summed E-state index contributed by atoms with van der Waals surface area (Å²) < 4.78 is 24.5. The molecule has 0 aromatic heterocycles. The molecule has 2 rings (SSSR count). The van der Waals surface area contributed by atoms with E-state index in [-0.39, 0.29) is 44.8 Å². The highest BCUT2D eigenvalue weighted by molar-refractivity contribution is 7.95. The summed E-state index contributed by atoms with van der Waals surface area (Å²) in [5.74, 6) is 0.151. The van der Waals surface area contributed by atoms with Crippen LogP contribution in [0.5, 0.6) is 11.5 Å². The highest BCUT2D eigenvalue weighted by Gasteiger charge is 2.45. The van der Waals surface area contributed by atoms with E-state index >= 15 is 0 Å². The Balaban J connectivity index is 2.72. The van der Waals surface area contributed by atoms with E-state index in [2.05, 4.69) is 0 Å². The molecule has 0 fully saturated rings. The largest absolute Gasteiger partial charge is 0.496 e. The van der Waals surface area contributed by atoms with Gasteiger partial charge in [-0.3, -0.25) is 9.59 Å². The lowest BCUT2D eigenvalue weighted by Gasteiger charge is -2.21. The molecule has 0 radical (unpaired) electrons. The summed E-state index contributed by atoms with van der Waals surface area (Å²) in [6.07, 6.45) is -0.132. The van der Waals surface area contributed by atoms with Crippen molar-refractivity contribution in [1.29, 1.82) is 0 Å². The molecule has 0 N–H and O–H groups in total. The van der Waals surface area contributed by atoms with E-state index < -0.39 is 18.2 Å². The fourth-order valence-electron chi connectivity index (χ4n) is 2.90. The Morgan fingerprint density at radius 3 is 1.75 bits per heavy atom. The zero-order valence-electron chi connectivity index (χ0n) is 16.0. The molecule has 28 heavy (non-hydrogen) atoms. The van der Waals surface area contributed by atoms with E-state index in [1.54, 1.807) is 38.1 Å². The third kappa shape index (κ3) is 4.27. The Hall–Kier alpha value is -1.81. The average Bonchev–Trinajstić information content (AvgIpc) is 2.65. The van der Waals surface area contributed by atoms with Gasteiger partial charge >= 0.3 is 0 Å². The number of benzene rings is 2. The van der Waals surface area contributed by atoms with Crippen LogP contribution in [0.1, 0.15) is 34.6 Å². The molecule has 0 saturated heterocycles. The van der Waals surface area contributed by atoms with Gasteiger partial charge in [0.25, 0.3) is 0 Å². The molecule has 0 heterocycles. The second-order valence-corrected chi connectivity index (χ2v) is 10.0. The summed E-state index contributed by atoms with van der Waals surface area (Å²) in [7, 11) is -1.38. The zero-order valence-corrected chi connectivity index (χ0v) is 18.4. The van der Waals surface area contributed by atoms with E-state index in [4.69, 9.17) is 32.7 Å². The van der Waals surface area contributed by atoms with E-state index in [9.17, 15) is 14.2 Å². The van der Waals surface area contributed by atoms with Crippen molar-refractivity contribution in [2.45, 2.75) is 13.8 Å². The Morgan fingerprint density at radius 2 is 1.32 bits per heavy atom. The predicted molar refractivity (Wildman–Crippen MR) is 112 cm³/mol. The van der Waals surface area contributed by atoms with Crippen LogP contribution in [0.25, 0.3) is 0 Å². The summed E-state index contributed by atoms with van der Waals surface area (Å²) in [6.45, 7) is 3.56. The SMILES string of the molecule is COc1cccc(OC)c1C(=O)P(=O)(CC(C)C)C(=O)c1c(Cl)cccc1Cl. The Bertz CT molecular complexity index is 913. The monoisotopic (exact) mass is 442 g/mol. The molecule has 0 amide bonds. The minimum atomic E-state index is -4.14. The molecule has 8 heteroatoms. The van der Waals surface area contributed by atoms with Gasteiger partial charge in [0.2, 0.25) is 18.2 Å². The topological polar surface area (TPSA) is 69.7 Å². The van der Waals surface area contributed by atoms with E-state index in [0.717, 1.165) is 0 Å². The van der Waals surface area contributed by atoms with Gasteiger partial charge in [-0.25, -0.2) is 0 Å². The summed E-state index contributed by atoms with van der Waals surface area (Å²) in [5, 5.41) is 0.0857. The van der Waals surface area contributed by atoms with E-state index in [0.29, 0.717) is 0 Å². The van der Waals surface area contributed by atoms with Crippen molar-refractivity contribution in [3.05, 3.63) is 57.6 Å². The molecule has 2 aromatic carbocycles. The molecule has 150 valence electrons. The molecule has 0 saturated carbocycles. The second kappa shape index (κ2) is 9.13. The van der Waals surface area contributed by atoms with Crippen LogP contribution in [0.2, 0.25) is 10.0 Å². The van der Waals surface area contributed by atoms with Crippen molar-refractivity contribution in [3.8, 4) is 11.5 Å². The fraction of sp³-hybridized carbons (Fsp3) is 0.300. The van der Waals surface area contributed by atoms with Crippen molar-refractivity contribution in [2.24, 2.45) is 5.92 Å². The molecule has 1 unspecified atom stereocenters. The minimum Gasteiger partial charge on any atom is -0.496 e. The molecule has 0 spiro atoms. The standard InChI is InChI=1S/C20H21Cl2O5P/c1-12(2)11-28(25,19(23)17-13(21)7-5-8-14(17)22)20(24)18-15(26-3)9-6-10-16(18)27-4/h5-10,12H,11H2,1-4H3. The van der Waals surface area contributed by atoms with Crippen molar-refractivity contribution in [3.63, 3.8) is 0 Å². The summed E-state index contributed by atoms with van der Waals surface area (Å²) >= 11 is 12.3. The van der Waals surface area contributed by atoms with Gasteiger partial charge in [-0.05, 0) is 30.2 Å². The lowest BCUT2D eigenvalue weighted by molar-refractivity contribution is 0.103. The van der Waals surface area contributed by atoms with Crippen LogP contribution in [-0.2, 0) is 4.57 Å². The molecule has 5 nitrogen and oxygen atoms in total. The predicted octanol–water partition coefficient (Wildman–Crippen LogP) is 6.01. The third-order valence-electron chi connectivity index (χ3n) is 4.10. The average molecular weight is 443 g/mol. The van der Waals surface area contributed by atoms with Crippen LogP contribution in [-0.4, -0.2) is 31.4 Å². The number of carbonyl (C=O) groups excluding carboxylic acids is 2. The number of carbonyl (C=O) groups is 2. The van der Waals surface area contributed by atoms with Gasteiger partial charge in [-0.15, -0.1) is 0 Å². The first-order valence-corrected chi connectivity index (χ1v) is 11.2. The van der Waals surface area contributed by atoms with Crippen LogP contribution in [0.15, 0.2) is 36.4 Å². The van der Waals surface area contributed by atoms with Gasteiger partial charge in [0, 0.05) is 6.16 Å². The van der Waals surface area contributed by atoms with Crippen molar-refractivity contribution >= 4 is 41.4 Å². The smallest absolute Gasteiger partial charge is 0.236 e. The molecule has 2 aromatic rings. The lowest BCUT2D eigenvalue weighted by Crippen LogP contribution is -2.18. The maximum Gasteiger partial charge on any atom is 0.236 e. The van der Waals surface area contributed by atoms with Crippen LogP contribution in [0, 0.1) is 5.92 Å². The van der Waals surface area contributed by atoms with Crippen LogP contribution < -0.4 is 9.47 Å². The molecular weight excluding hydrogens is 422 g/mol. The number of rotatable bonds is 8. The summed E-state index contributed by atoms with van der Waals surface area (Å²) in [5.41, 5.74) is -1.85. The first kappa shape index (κ1) is 22.5. The Morgan fingerprint density at radius 1 is 0.893 bits per heavy atom. The Kier molecular flexibility index (Phi) is 7.33. The highest BCUT2D eigenvalue weighted by Crippen LogP contribution is 2.56. The van der Waals surface area contributed by atoms with Crippen LogP contribution in [0.4, 0.5) is 0 Å². The number of ether oxygens (including phenoxy) is 2. The quantitative estimate of drug-likeness (QED) is 0.468. The second-order valence-electron chi connectivity index (χ2n) is 6.56.